The van der Waals surface area contributed by atoms with Crippen molar-refractivity contribution >= 4 is 9.84 Å². The summed E-state index contributed by atoms with van der Waals surface area (Å²) >= 11 is 0. The summed E-state index contributed by atoms with van der Waals surface area (Å²) in [4.78, 5) is 7.19. The Morgan fingerprint density at radius 2 is 2.25 bits per heavy atom. The minimum Gasteiger partial charge on any atom is -0.227 e. The fourth-order valence-electron chi connectivity index (χ4n) is 0.600. The average molecular weight is 182 g/mol. The van der Waals surface area contributed by atoms with Gasteiger partial charge in [0.05, 0.1) is 0 Å². The molecular weight excluding hydrogens is 176 g/mol. The predicted molar refractivity (Wildman–Crippen MR) is 43.1 cm³/mol. The van der Waals surface area contributed by atoms with Crippen molar-refractivity contribution in [1.29, 1.82) is 0 Å². The molecule has 0 amide bonds. The van der Waals surface area contributed by atoms with Gasteiger partial charge in [-0.3, -0.25) is 0 Å². The van der Waals surface area contributed by atoms with E-state index in [4.69, 9.17) is 6.42 Å². The van der Waals surface area contributed by atoms with Crippen LogP contribution in [-0.2, 0) is 9.84 Å². The molecule has 0 aliphatic rings. The Bertz CT molecular complexity index is 431. The highest BCUT2D eigenvalue weighted by atomic mass is 32.2. The summed E-state index contributed by atoms with van der Waals surface area (Å²) in [5.74, 6) is 2.22. The Labute approximate surface area is 70.6 Å². The van der Waals surface area contributed by atoms with Crippen molar-refractivity contribution in [2.45, 2.75) is 5.16 Å². The van der Waals surface area contributed by atoms with E-state index < -0.39 is 9.84 Å². The quantitative estimate of drug-likeness (QED) is 0.448. The summed E-state index contributed by atoms with van der Waals surface area (Å²) in [6.07, 6.45) is 7.38. The lowest BCUT2D eigenvalue weighted by Gasteiger charge is -1.94. The highest BCUT2D eigenvalue weighted by molar-refractivity contribution is 7.90. The molecule has 0 saturated carbocycles. The van der Waals surface area contributed by atoms with E-state index in [0.29, 0.717) is 0 Å². The van der Waals surface area contributed by atoms with Crippen LogP contribution in [0.2, 0.25) is 0 Å². The van der Waals surface area contributed by atoms with Gasteiger partial charge in [0.15, 0.2) is 0 Å². The second-order valence-corrected chi connectivity index (χ2v) is 4.05. The Hall–Kier alpha value is -1.41. The highest BCUT2D eigenvalue weighted by Crippen LogP contribution is 2.00. The zero-order chi connectivity index (χ0) is 9.19. The number of hydrogen-bond acceptors (Lipinski definition) is 4. The Morgan fingerprint density at radius 1 is 1.58 bits per heavy atom. The third-order valence-corrected chi connectivity index (χ3v) is 1.97. The van der Waals surface area contributed by atoms with Crippen molar-refractivity contribution in [2.75, 3.05) is 6.26 Å². The minimum absolute atomic E-state index is 0.238. The molecule has 0 fully saturated rings. The number of rotatable bonds is 1. The monoisotopic (exact) mass is 182 g/mol. The molecule has 0 radical (unpaired) electrons. The topological polar surface area (TPSA) is 59.9 Å². The van der Waals surface area contributed by atoms with Gasteiger partial charge in [0.25, 0.3) is 0 Å². The molecule has 5 heteroatoms. The van der Waals surface area contributed by atoms with Crippen molar-refractivity contribution in [2.24, 2.45) is 0 Å². The van der Waals surface area contributed by atoms with Gasteiger partial charge in [-0.1, -0.05) is 5.92 Å². The van der Waals surface area contributed by atoms with E-state index in [1.165, 1.54) is 12.3 Å². The zero-order valence-electron chi connectivity index (χ0n) is 6.35. The molecule has 0 atom stereocenters. The van der Waals surface area contributed by atoms with Crippen LogP contribution in [0.25, 0.3) is 0 Å². The van der Waals surface area contributed by atoms with E-state index in [1.807, 2.05) is 0 Å². The second-order valence-electron chi connectivity index (χ2n) is 2.14. The summed E-state index contributed by atoms with van der Waals surface area (Å²) in [5, 5.41) is -0.238. The van der Waals surface area contributed by atoms with Crippen LogP contribution in [0.4, 0.5) is 0 Å². The Kier molecular flexibility index (Phi) is 2.11. The summed E-state index contributed by atoms with van der Waals surface area (Å²) < 4.78 is 21.8. The van der Waals surface area contributed by atoms with Gasteiger partial charge in [-0.15, -0.1) is 6.42 Å². The van der Waals surface area contributed by atoms with E-state index in [9.17, 15) is 8.42 Å². The van der Waals surface area contributed by atoms with Crippen LogP contribution in [0.3, 0.4) is 0 Å². The lowest BCUT2D eigenvalue weighted by molar-refractivity contribution is 0.592. The molecule has 62 valence electrons. The van der Waals surface area contributed by atoms with Crippen LogP contribution < -0.4 is 0 Å². The van der Waals surface area contributed by atoms with Gasteiger partial charge < -0.3 is 0 Å². The first-order chi connectivity index (χ1) is 5.54. The van der Waals surface area contributed by atoms with Gasteiger partial charge in [0.1, 0.15) is 5.69 Å². The van der Waals surface area contributed by atoms with Gasteiger partial charge in [0, 0.05) is 12.5 Å². The van der Waals surface area contributed by atoms with Crippen molar-refractivity contribution in [1.82, 2.24) is 9.97 Å². The molecule has 1 heterocycles. The third kappa shape index (κ3) is 1.80. The first kappa shape index (κ1) is 8.68. The fourth-order valence-corrected chi connectivity index (χ4v) is 1.12. The molecule has 0 aromatic carbocycles. The smallest absolute Gasteiger partial charge is 0.227 e. The number of nitrogens with zero attached hydrogens (tertiary/aromatic N) is 2. The number of aromatic nitrogens is 2. The lowest BCUT2D eigenvalue weighted by atomic mass is 10.4. The number of sulfone groups is 1. The number of hydrogen-bond donors (Lipinski definition) is 0. The SMILES string of the molecule is C#Cc1ccnc(S(C)(=O)=O)n1. The fraction of sp³-hybridized carbons (Fsp3) is 0.143. The van der Waals surface area contributed by atoms with Crippen LogP contribution in [0.1, 0.15) is 5.69 Å². The van der Waals surface area contributed by atoms with Crippen LogP contribution in [0.5, 0.6) is 0 Å². The van der Waals surface area contributed by atoms with Crippen LogP contribution in [0, 0.1) is 12.3 Å². The van der Waals surface area contributed by atoms with Gasteiger partial charge in [0.2, 0.25) is 15.0 Å². The first-order valence-electron chi connectivity index (χ1n) is 3.04. The Balaban J connectivity index is 3.32. The standard InChI is InChI=1S/C7H6N2O2S/c1-3-6-4-5-8-7(9-6)12(2,10)11/h1,4-5H,2H3. The van der Waals surface area contributed by atoms with Crippen molar-refractivity contribution < 1.29 is 8.42 Å². The van der Waals surface area contributed by atoms with E-state index in [-0.39, 0.29) is 10.9 Å². The van der Waals surface area contributed by atoms with E-state index in [0.717, 1.165) is 6.26 Å². The molecule has 0 unspecified atom stereocenters. The first-order valence-corrected chi connectivity index (χ1v) is 4.93. The molecule has 0 aliphatic heterocycles. The third-order valence-electron chi connectivity index (χ3n) is 1.11. The minimum atomic E-state index is -3.35. The number of terminal acetylenes is 1. The summed E-state index contributed by atoms with van der Waals surface area (Å²) in [5.41, 5.74) is 0.269. The van der Waals surface area contributed by atoms with Crippen molar-refractivity contribution in [3.8, 4) is 12.3 Å². The Morgan fingerprint density at radius 3 is 2.75 bits per heavy atom. The lowest BCUT2D eigenvalue weighted by Crippen LogP contribution is -2.04. The molecule has 1 aromatic rings. The van der Waals surface area contributed by atoms with Gasteiger partial charge >= 0.3 is 0 Å². The molecular formula is C7H6N2O2S. The summed E-state index contributed by atoms with van der Waals surface area (Å²) in [7, 11) is -3.35. The van der Waals surface area contributed by atoms with E-state index >= 15 is 0 Å². The van der Waals surface area contributed by atoms with Crippen LogP contribution in [-0.4, -0.2) is 24.6 Å². The van der Waals surface area contributed by atoms with Gasteiger partial charge in [-0.05, 0) is 6.07 Å². The second kappa shape index (κ2) is 2.91. The molecule has 1 aromatic heterocycles. The average Bonchev–Trinajstić information content (AvgIpc) is 2.03. The van der Waals surface area contributed by atoms with E-state index in [2.05, 4.69) is 15.9 Å². The molecule has 1 rings (SSSR count). The highest BCUT2D eigenvalue weighted by Gasteiger charge is 2.09. The normalized spacial score (nSPS) is 10.7. The zero-order valence-corrected chi connectivity index (χ0v) is 7.17. The predicted octanol–water partition coefficient (Wildman–Crippen LogP) is -0.139. The summed E-state index contributed by atoms with van der Waals surface area (Å²) in [6, 6.07) is 1.47. The van der Waals surface area contributed by atoms with Crippen molar-refractivity contribution in [3.05, 3.63) is 18.0 Å². The molecule has 0 saturated heterocycles. The molecule has 0 N–H and O–H groups in total. The molecule has 4 nitrogen and oxygen atoms in total. The summed E-state index contributed by atoms with van der Waals surface area (Å²) in [6.45, 7) is 0. The van der Waals surface area contributed by atoms with Crippen LogP contribution in [0.15, 0.2) is 17.4 Å². The van der Waals surface area contributed by atoms with Gasteiger partial charge in [-0.2, -0.15) is 0 Å². The van der Waals surface area contributed by atoms with Crippen LogP contribution >= 0.6 is 0 Å². The molecule has 0 bridgehead atoms. The molecule has 12 heavy (non-hydrogen) atoms. The maximum atomic E-state index is 10.9. The maximum absolute atomic E-state index is 10.9. The molecule has 0 aliphatic carbocycles. The van der Waals surface area contributed by atoms with Gasteiger partial charge in [-0.25, -0.2) is 18.4 Å². The maximum Gasteiger partial charge on any atom is 0.247 e. The van der Waals surface area contributed by atoms with E-state index in [1.54, 1.807) is 0 Å². The van der Waals surface area contributed by atoms with Crippen molar-refractivity contribution in [3.63, 3.8) is 0 Å². The molecule has 0 spiro atoms. The largest absolute Gasteiger partial charge is 0.247 e.